The van der Waals surface area contributed by atoms with Crippen molar-refractivity contribution in [2.24, 2.45) is 0 Å². The molecule has 22 heavy (non-hydrogen) atoms. The molecule has 0 aromatic heterocycles. The van der Waals surface area contributed by atoms with Gasteiger partial charge in [-0.3, -0.25) is 9.59 Å². The minimum absolute atomic E-state index is 0.0944. The highest BCUT2D eigenvalue weighted by Gasteiger charge is 2.10. The molecule has 0 unspecified atom stereocenters. The zero-order valence-corrected chi connectivity index (χ0v) is 14.1. The van der Waals surface area contributed by atoms with E-state index < -0.39 is 0 Å². The van der Waals surface area contributed by atoms with Gasteiger partial charge in [0, 0.05) is 29.8 Å². The van der Waals surface area contributed by atoms with Gasteiger partial charge in [-0.1, -0.05) is 34.1 Å². The molecule has 0 bridgehead atoms. The number of carbonyl (C=O) groups excluding carboxylic acids is 2. The molecule has 2 amide bonds. The van der Waals surface area contributed by atoms with Gasteiger partial charge in [-0.25, -0.2) is 0 Å². The van der Waals surface area contributed by atoms with Crippen LogP contribution in [-0.2, 0) is 11.2 Å². The topological polar surface area (TPSA) is 49.4 Å². The van der Waals surface area contributed by atoms with E-state index >= 15 is 0 Å². The number of nitrogens with zero attached hydrogens (tertiary/aromatic N) is 1. The summed E-state index contributed by atoms with van der Waals surface area (Å²) in [6.45, 7) is 0. The van der Waals surface area contributed by atoms with Gasteiger partial charge in [0.25, 0.3) is 5.91 Å². The second-order valence-corrected chi connectivity index (χ2v) is 6.05. The van der Waals surface area contributed by atoms with Crippen molar-refractivity contribution in [1.82, 2.24) is 4.90 Å². The predicted octanol–water partition coefficient (Wildman–Crippen LogP) is 3.33. The molecule has 0 spiro atoms. The largest absolute Gasteiger partial charge is 0.345 e. The maximum absolute atomic E-state index is 12.1. The molecule has 0 aliphatic heterocycles. The highest BCUT2D eigenvalue weighted by Crippen LogP contribution is 2.15. The highest BCUT2D eigenvalue weighted by molar-refractivity contribution is 9.10. The number of halogens is 1. The first-order valence-corrected chi connectivity index (χ1v) is 7.61. The summed E-state index contributed by atoms with van der Waals surface area (Å²) in [5, 5.41) is 2.82. The first-order chi connectivity index (χ1) is 10.5. The second-order valence-electron chi connectivity index (χ2n) is 5.14. The van der Waals surface area contributed by atoms with Gasteiger partial charge >= 0.3 is 0 Å². The summed E-state index contributed by atoms with van der Waals surface area (Å²) in [4.78, 5) is 25.5. The lowest BCUT2D eigenvalue weighted by Gasteiger charge is -2.11. The summed E-state index contributed by atoms with van der Waals surface area (Å²) in [5.41, 5.74) is 2.09. The smallest absolute Gasteiger partial charge is 0.253 e. The summed E-state index contributed by atoms with van der Waals surface area (Å²) in [6.07, 6.45) is 0.283. The van der Waals surface area contributed by atoms with Crippen molar-refractivity contribution in [2.75, 3.05) is 19.4 Å². The van der Waals surface area contributed by atoms with Gasteiger partial charge in [0.1, 0.15) is 0 Å². The molecule has 2 rings (SSSR count). The van der Waals surface area contributed by atoms with Crippen LogP contribution in [0.4, 0.5) is 5.69 Å². The maximum Gasteiger partial charge on any atom is 0.253 e. The zero-order valence-electron chi connectivity index (χ0n) is 12.5. The zero-order chi connectivity index (χ0) is 16.1. The van der Waals surface area contributed by atoms with E-state index in [1.165, 1.54) is 4.90 Å². The van der Waals surface area contributed by atoms with Crippen molar-refractivity contribution < 1.29 is 9.59 Å². The molecule has 4 nitrogen and oxygen atoms in total. The Bertz CT molecular complexity index is 699. The average molecular weight is 361 g/mol. The van der Waals surface area contributed by atoms with Crippen LogP contribution in [-0.4, -0.2) is 30.8 Å². The van der Waals surface area contributed by atoms with Crippen LogP contribution in [0.3, 0.4) is 0 Å². The van der Waals surface area contributed by atoms with E-state index in [9.17, 15) is 9.59 Å². The molecule has 0 saturated heterocycles. The van der Waals surface area contributed by atoms with Crippen molar-refractivity contribution in [3.63, 3.8) is 0 Å². The van der Waals surface area contributed by atoms with Gasteiger partial charge in [-0.05, 0) is 35.9 Å². The van der Waals surface area contributed by atoms with Crippen LogP contribution < -0.4 is 5.32 Å². The van der Waals surface area contributed by atoms with Crippen LogP contribution in [0.5, 0.6) is 0 Å². The fraction of sp³-hybridized carbons (Fsp3) is 0.176. The highest BCUT2D eigenvalue weighted by atomic mass is 79.9. The van der Waals surface area contributed by atoms with Crippen LogP contribution in [0.15, 0.2) is 53.0 Å². The minimum Gasteiger partial charge on any atom is -0.345 e. The molecule has 0 radical (unpaired) electrons. The van der Waals surface area contributed by atoms with Crippen molar-refractivity contribution in [2.45, 2.75) is 6.42 Å². The van der Waals surface area contributed by atoms with Crippen molar-refractivity contribution in [1.29, 1.82) is 0 Å². The summed E-state index contributed by atoms with van der Waals surface area (Å²) < 4.78 is 0.941. The SMILES string of the molecule is CN(C)C(=O)c1cccc(NC(=O)Cc2cccc(Br)c2)c1. The van der Waals surface area contributed by atoms with Crippen LogP contribution in [0, 0.1) is 0 Å². The first kappa shape index (κ1) is 16.2. The Morgan fingerprint density at radius 3 is 2.50 bits per heavy atom. The number of anilines is 1. The normalized spacial score (nSPS) is 10.1. The predicted molar refractivity (Wildman–Crippen MR) is 90.9 cm³/mol. The van der Waals surface area contributed by atoms with Crippen LogP contribution >= 0.6 is 15.9 Å². The molecule has 0 atom stereocenters. The van der Waals surface area contributed by atoms with Crippen molar-refractivity contribution in [3.8, 4) is 0 Å². The van der Waals surface area contributed by atoms with Crippen LogP contribution in [0.25, 0.3) is 0 Å². The number of hydrogen-bond acceptors (Lipinski definition) is 2. The van der Waals surface area contributed by atoms with Gasteiger partial charge in [-0.2, -0.15) is 0 Å². The number of nitrogens with one attached hydrogen (secondary N) is 1. The molecule has 2 aromatic carbocycles. The van der Waals surface area contributed by atoms with Gasteiger partial charge in [0.2, 0.25) is 5.91 Å². The quantitative estimate of drug-likeness (QED) is 0.908. The Morgan fingerprint density at radius 1 is 1.09 bits per heavy atom. The van der Waals surface area contributed by atoms with E-state index in [0.717, 1.165) is 10.0 Å². The average Bonchev–Trinajstić information content (AvgIpc) is 2.46. The third-order valence-electron chi connectivity index (χ3n) is 3.05. The van der Waals surface area contributed by atoms with E-state index in [2.05, 4.69) is 21.2 Å². The summed E-state index contributed by atoms with van der Waals surface area (Å²) in [5.74, 6) is -0.212. The lowest BCUT2D eigenvalue weighted by atomic mass is 10.1. The maximum atomic E-state index is 12.1. The fourth-order valence-electron chi connectivity index (χ4n) is 2.03. The number of rotatable bonds is 4. The van der Waals surface area contributed by atoms with E-state index in [-0.39, 0.29) is 18.2 Å². The van der Waals surface area contributed by atoms with Gasteiger partial charge in [0.15, 0.2) is 0 Å². The Balaban J connectivity index is 2.06. The summed E-state index contributed by atoms with van der Waals surface area (Å²) >= 11 is 3.38. The van der Waals surface area contributed by atoms with Gasteiger partial charge < -0.3 is 10.2 Å². The Kier molecular flexibility index (Phi) is 5.33. The number of amides is 2. The molecule has 0 aliphatic carbocycles. The lowest BCUT2D eigenvalue weighted by Crippen LogP contribution is -2.22. The summed E-state index contributed by atoms with van der Waals surface area (Å²) in [6, 6.07) is 14.5. The van der Waals surface area contributed by atoms with E-state index in [1.807, 2.05) is 24.3 Å². The molecule has 2 aromatic rings. The first-order valence-electron chi connectivity index (χ1n) is 6.82. The third-order valence-corrected chi connectivity index (χ3v) is 3.55. The molecular formula is C17H17BrN2O2. The number of hydrogen-bond donors (Lipinski definition) is 1. The molecular weight excluding hydrogens is 344 g/mol. The van der Waals surface area contributed by atoms with Crippen molar-refractivity contribution >= 4 is 33.4 Å². The Hall–Kier alpha value is -2.14. The molecule has 5 heteroatoms. The van der Waals surface area contributed by atoms with Crippen LogP contribution in [0.1, 0.15) is 15.9 Å². The Morgan fingerprint density at radius 2 is 1.82 bits per heavy atom. The standard InChI is InChI=1S/C17H17BrN2O2/c1-20(2)17(22)13-6-4-8-15(11-13)19-16(21)10-12-5-3-7-14(18)9-12/h3-9,11H,10H2,1-2H3,(H,19,21). The number of benzene rings is 2. The molecule has 1 N–H and O–H groups in total. The molecule has 0 saturated carbocycles. The van der Waals surface area contributed by atoms with Gasteiger partial charge in [-0.15, -0.1) is 0 Å². The lowest BCUT2D eigenvalue weighted by molar-refractivity contribution is -0.115. The molecule has 0 aliphatic rings. The third kappa shape index (κ3) is 4.43. The second kappa shape index (κ2) is 7.22. The van der Waals surface area contributed by atoms with E-state index in [1.54, 1.807) is 38.4 Å². The van der Waals surface area contributed by atoms with Gasteiger partial charge in [0.05, 0.1) is 6.42 Å². The monoisotopic (exact) mass is 360 g/mol. The number of carbonyl (C=O) groups is 2. The van der Waals surface area contributed by atoms with Crippen LogP contribution in [0.2, 0.25) is 0 Å². The fourth-order valence-corrected chi connectivity index (χ4v) is 2.47. The van der Waals surface area contributed by atoms with E-state index in [0.29, 0.717) is 11.3 Å². The molecule has 114 valence electrons. The Labute approximate surface area is 138 Å². The van der Waals surface area contributed by atoms with Crippen molar-refractivity contribution in [3.05, 3.63) is 64.1 Å². The van der Waals surface area contributed by atoms with E-state index in [4.69, 9.17) is 0 Å². The minimum atomic E-state index is -0.118. The summed E-state index contributed by atoms with van der Waals surface area (Å²) in [7, 11) is 3.39. The molecule has 0 heterocycles. The molecule has 0 fully saturated rings.